The Kier molecular flexibility index (Phi) is 7.42. The number of urea groups is 1. The van der Waals surface area contributed by atoms with Gasteiger partial charge in [0.25, 0.3) is 5.56 Å². The van der Waals surface area contributed by atoms with Crippen LogP contribution >= 0.6 is 0 Å². The van der Waals surface area contributed by atoms with E-state index in [-0.39, 0.29) is 18.1 Å². The lowest BCUT2D eigenvalue weighted by Crippen LogP contribution is -2.41. The highest BCUT2D eigenvalue weighted by Gasteiger charge is 2.27. The van der Waals surface area contributed by atoms with Crippen molar-refractivity contribution in [1.82, 2.24) is 14.5 Å². The summed E-state index contributed by atoms with van der Waals surface area (Å²) in [6, 6.07) is 22.8. The number of ether oxygens (including phenoxy) is 2. The molecule has 0 fully saturated rings. The van der Waals surface area contributed by atoms with Crippen molar-refractivity contribution in [1.29, 1.82) is 0 Å². The fraction of sp³-hybridized carbons (Fsp3) is 0.222. The number of anilines is 1. The first-order chi connectivity index (χ1) is 17.0. The Morgan fingerprint density at radius 3 is 2.43 bits per heavy atom. The number of carbonyl (C=O) groups is 1. The molecule has 8 nitrogen and oxygen atoms in total. The third-order valence-corrected chi connectivity index (χ3v) is 5.80. The number of para-hydroxylation sites is 4. The maximum atomic E-state index is 13.6. The van der Waals surface area contributed by atoms with Gasteiger partial charge in [-0.15, -0.1) is 0 Å². The topological polar surface area (TPSA) is 85.7 Å². The molecule has 35 heavy (non-hydrogen) atoms. The van der Waals surface area contributed by atoms with E-state index in [9.17, 15) is 9.59 Å². The van der Waals surface area contributed by atoms with Crippen molar-refractivity contribution in [3.63, 3.8) is 0 Å². The Balaban J connectivity index is 1.81. The quantitative estimate of drug-likeness (QED) is 0.404. The second-order valence-electron chi connectivity index (χ2n) is 7.96. The SMILES string of the molecule is COCCN(C(=O)Nc1ccccc1OC)C(C)c1nc2ccccc2c(=O)n1-c1ccccc1. The number of benzene rings is 3. The van der Waals surface area contributed by atoms with E-state index in [1.165, 1.54) is 0 Å². The zero-order chi connectivity index (χ0) is 24.8. The third-order valence-electron chi connectivity index (χ3n) is 5.80. The van der Waals surface area contributed by atoms with Gasteiger partial charge in [-0.25, -0.2) is 9.78 Å². The standard InChI is InChI=1S/C27H28N4O4/c1-19(30(17-18-34-2)27(33)29-23-15-9-10-16-24(23)35-3)25-28-22-14-8-7-13-21(22)26(32)31(25)20-11-5-4-6-12-20/h4-16,19H,17-18H2,1-3H3,(H,29,33). The Hall–Kier alpha value is -4.17. The molecular weight excluding hydrogens is 444 g/mol. The third kappa shape index (κ3) is 5.02. The molecule has 1 N–H and O–H groups in total. The van der Waals surface area contributed by atoms with Crippen molar-refractivity contribution in [2.24, 2.45) is 0 Å². The van der Waals surface area contributed by atoms with Crippen LogP contribution in [0.5, 0.6) is 5.75 Å². The number of hydrogen-bond acceptors (Lipinski definition) is 5. The summed E-state index contributed by atoms with van der Waals surface area (Å²) in [4.78, 5) is 33.5. The van der Waals surface area contributed by atoms with Crippen molar-refractivity contribution in [3.05, 3.63) is 95.0 Å². The minimum Gasteiger partial charge on any atom is -0.495 e. The maximum Gasteiger partial charge on any atom is 0.322 e. The van der Waals surface area contributed by atoms with Crippen LogP contribution in [-0.2, 0) is 4.74 Å². The summed E-state index contributed by atoms with van der Waals surface area (Å²) in [5, 5.41) is 3.43. The van der Waals surface area contributed by atoms with E-state index in [1.807, 2.05) is 61.5 Å². The van der Waals surface area contributed by atoms with Crippen LogP contribution in [0.1, 0.15) is 18.8 Å². The number of carbonyl (C=O) groups excluding carboxylic acids is 1. The smallest absolute Gasteiger partial charge is 0.322 e. The van der Waals surface area contributed by atoms with Crippen LogP contribution in [0, 0.1) is 0 Å². The monoisotopic (exact) mass is 472 g/mol. The zero-order valence-electron chi connectivity index (χ0n) is 20.0. The largest absolute Gasteiger partial charge is 0.495 e. The normalized spacial score (nSPS) is 11.7. The summed E-state index contributed by atoms with van der Waals surface area (Å²) < 4.78 is 12.2. The van der Waals surface area contributed by atoms with Gasteiger partial charge < -0.3 is 19.7 Å². The van der Waals surface area contributed by atoms with Crippen molar-refractivity contribution in [2.45, 2.75) is 13.0 Å². The van der Waals surface area contributed by atoms with Gasteiger partial charge in [0, 0.05) is 13.7 Å². The molecule has 0 saturated carbocycles. The van der Waals surface area contributed by atoms with Crippen LogP contribution < -0.4 is 15.6 Å². The van der Waals surface area contributed by atoms with E-state index in [0.29, 0.717) is 40.5 Å². The summed E-state index contributed by atoms with van der Waals surface area (Å²) in [6.45, 7) is 2.45. The number of nitrogens with zero attached hydrogens (tertiary/aromatic N) is 3. The minimum absolute atomic E-state index is 0.194. The number of nitrogens with one attached hydrogen (secondary N) is 1. The molecule has 1 atom stereocenters. The fourth-order valence-corrected chi connectivity index (χ4v) is 3.99. The number of fused-ring (bicyclic) bond motifs is 1. The highest BCUT2D eigenvalue weighted by molar-refractivity contribution is 5.91. The molecule has 0 aliphatic rings. The second-order valence-corrected chi connectivity index (χ2v) is 7.96. The van der Waals surface area contributed by atoms with Crippen molar-refractivity contribution < 1.29 is 14.3 Å². The fourth-order valence-electron chi connectivity index (χ4n) is 3.99. The van der Waals surface area contributed by atoms with Gasteiger partial charge in [0.1, 0.15) is 11.6 Å². The average molecular weight is 473 g/mol. The summed E-state index contributed by atoms with van der Waals surface area (Å²) in [6.07, 6.45) is 0. The van der Waals surface area contributed by atoms with E-state index in [0.717, 1.165) is 0 Å². The highest BCUT2D eigenvalue weighted by atomic mass is 16.5. The average Bonchev–Trinajstić information content (AvgIpc) is 2.89. The number of aromatic nitrogens is 2. The molecule has 180 valence electrons. The van der Waals surface area contributed by atoms with E-state index < -0.39 is 6.04 Å². The molecule has 0 bridgehead atoms. The van der Waals surface area contributed by atoms with Gasteiger partial charge >= 0.3 is 6.03 Å². The Morgan fingerprint density at radius 1 is 1.00 bits per heavy atom. The molecule has 0 saturated heterocycles. The second kappa shape index (κ2) is 10.8. The minimum atomic E-state index is -0.558. The summed E-state index contributed by atoms with van der Waals surface area (Å²) >= 11 is 0. The predicted octanol–water partition coefficient (Wildman–Crippen LogP) is 4.64. The number of amides is 2. The lowest BCUT2D eigenvalue weighted by atomic mass is 10.2. The van der Waals surface area contributed by atoms with Gasteiger partial charge in [0.15, 0.2) is 0 Å². The lowest BCUT2D eigenvalue weighted by Gasteiger charge is -2.30. The molecule has 0 aliphatic heterocycles. The van der Waals surface area contributed by atoms with Gasteiger partial charge in [-0.2, -0.15) is 0 Å². The first kappa shape index (κ1) is 24.0. The summed E-state index contributed by atoms with van der Waals surface area (Å²) in [7, 11) is 3.13. The van der Waals surface area contributed by atoms with Gasteiger partial charge in [-0.3, -0.25) is 9.36 Å². The number of methoxy groups -OCH3 is 2. The van der Waals surface area contributed by atoms with Gasteiger partial charge in [0.2, 0.25) is 0 Å². The maximum absolute atomic E-state index is 13.6. The molecule has 0 spiro atoms. The molecule has 0 radical (unpaired) electrons. The van der Waals surface area contributed by atoms with E-state index >= 15 is 0 Å². The van der Waals surface area contributed by atoms with Crippen LogP contribution in [0.4, 0.5) is 10.5 Å². The molecular formula is C27H28N4O4. The molecule has 1 unspecified atom stereocenters. The molecule has 1 heterocycles. The number of rotatable bonds is 8. The first-order valence-electron chi connectivity index (χ1n) is 11.3. The van der Waals surface area contributed by atoms with E-state index in [2.05, 4.69) is 5.32 Å². The summed E-state index contributed by atoms with van der Waals surface area (Å²) in [5.74, 6) is 0.997. The molecule has 2 amide bonds. The first-order valence-corrected chi connectivity index (χ1v) is 11.3. The zero-order valence-corrected chi connectivity index (χ0v) is 20.0. The van der Waals surface area contributed by atoms with Crippen LogP contribution in [0.3, 0.4) is 0 Å². The Bertz CT molecular complexity index is 1370. The highest BCUT2D eigenvalue weighted by Crippen LogP contribution is 2.26. The predicted molar refractivity (Wildman–Crippen MR) is 136 cm³/mol. The molecule has 4 rings (SSSR count). The van der Waals surface area contributed by atoms with E-state index in [1.54, 1.807) is 48.0 Å². The van der Waals surface area contributed by atoms with Crippen molar-refractivity contribution in [3.8, 4) is 11.4 Å². The van der Waals surface area contributed by atoms with Crippen LogP contribution in [0.25, 0.3) is 16.6 Å². The molecule has 4 aromatic rings. The van der Waals surface area contributed by atoms with Crippen LogP contribution in [-0.4, -0.2) is 47.9 Å². The van der Waals surface area contributed by atoms with Gasteiger partial charge in [-0.05, 0) is 43.3 Å². The number of hydrogen-bond donors (Lipinski definition) is 1. The van der Waals surface area contributed by atoms with Crippen LogP contribution in [0.15, 0.2) is 83.7 Å². The van der Waals surface area contributed by atoms with Gasteiger partial charge in [0.05, 0.1) is 42.0 Å². The molecule has 0 aliphatic carbocycles. The Labute approximate surface area is 203 Å². The Morgan fingerprint density at radius 2 is 1.69 bits per heavy atom. The van der Waals surface area contributed by atoms with Crippen LogP contribution in [0.2, 0.25) is 0 Å². The lowest BCUT2D eigenvalue weighted by molar-refractivity contribution is 0.137. The van der Waals surface area contributed by atoms with E-state index in [4.69, 9.17) is 14.5 Å². The van der Waals surface area contributed by atoms with Crippen molar-refractivity contribution in [2.75, 3.05) is 32.7 Å². The molecule has 1 aromatic heterocycles. The van der Waals surface area contributed by atoms with Crippen molar-refractivity contribution >= 4 is 22.6 Å². The molecule has 8 heteroatoms. The molecule has 3 aromatic carbocycles. The summed E-state index contributed by atoms with van der Waals surface area (Å²) in [5.41, 5.74) is 1.60. The van der Waals surface area contributed by atoms with Gasteiger partial charge in [-0.1, -0.05) is 42.5 Å².